The molecule has 1 aliphatic rings. The van der Waals surface area contributed by atoms with Gasteiger partial charge in [-0.2, -0.15) is 0 Å². The number of nitrogens with zero attached hydrogens (tertiary/aromatic N) is 3. The quantitative estimate of drug-likeness (QED) is 0.455. The summed E-state index contributed by atoms with van der Waals surface area (Å²) in [7, 11) is 3.28. The number of hydrogen-bond acceptors (Lipinski definition) is 7. The Balaban J connectivity index is 1.77. The number of benzene rings is 1. The molecule has 0 aliphatic heterocycles. The highest BCUT2D eigenvalue weighted by Gasteiger charge is 2.66. The third-order valence-electron chi connectivity index (χ3n) is 6.57. The monoisotopic (exact) mass is 438 g/mol. The molecule has 1 fully saturated rings. The minimum absolute atomic E-state index is 0.593. The van der Waals surface area contributed by atoms with Gasteiger partial charge in [0.2, 0.25) is 0 Å². The number of methoxy groups -OCH3 is 2. The van der Waals surface area contributed by atoms with E-state index in [2.05, 4.69) is 33.6 Å². The first kappa shape index (κ1) is 20.4. The van der Waals surface area contributed by atoms with Crippen LogP contribution in [0, 0.1) is 0 Å². The van der Waals surface area contributed by atoms with E-state index in [4.69, 9.17) is 9.47 Å². The molecule has 0 radical (unpaired) electrons. The van der Waals surface area contributed by atoms with E-state index in [0.717, 1.165) is 27.0 Å². The molecule has 5 rings (SSSR count). The molecular weight excluding hydrogens is 412 g/mol. The third kappa shape index (κ3) is 2.90. The van der Waals surface area contributed by atoms with Crippen LogP contribution in [0.15, 0.2) is 54.9 Å². The second-order valence-electron chi connectivity index (χ2n) is 8.26. The topological polar surface area (TPSA) is 80.9 Å². The maximum absolute atomic E-state index is 11.9. The fraction of sp³-hybridized carbons (Fsp3) is 0.391. The zero-order valence-corrected chi connectivity index (χ0v) is 18.6. The lowest BCUT2D eigenvalue weighted by Gasteiger charge is -2.58. The van der Waals surface area contributed by atoms with Gasteiger partial charge in [-0.3, -0.25) is 0 Å². The lowest BCUT2D eigenvalue weighted by atomic mass is 9.64. The fourth-order valence-corrected chi connectivity index (χ4v) is 6.42. The number of rotatable bonds is 5. The number of aliphatic hydroxyl groups is 1. The van der Waals surface area contributed by atoms with Gasteiger partial charge in [-0.25, -0.2) is 9.50 Å². The summed E-state index contributed by atoms with van der Waals surface area (Å²) in [6, 6.07) is 14.1. The predicted molar refractivity (Wildman–Crippen MR) is 121 cm³/mol. The number of imidazole rings is 1. The average molecular weight is 439 g/mol. The lowest BCUT2D eigenvalue weighted by molar-refractivity contribution is -0.297. The Morgan fingerprint density at radius 1 is 1.13 bits per heavy atom. The molecule has 1 saturated carbocycles. The molecule has 3 aromatic heterocycles. The van der Waals surface area contributed by atoms with Crippen LogP contribution in [-0.2, 0) is 15.0 Å². The first-order valence-corrected chi connectivity index (χ1v) is 11.2. The SMILES string of the molecule is COC1(OC)CCCC(C)(O)C1(Nc1ccc2nccn2n1)c1cc2ccccc2s1. The van der Waals surface area contributed by atoms with E-state index in [0.29, 0.717) is 18.7 Å². The molecule has 0 bridgehead atoms. The van der Waals surface area contributed by atoms with Crippen LogP contribution in [0.1, 0.15) is 31.1 Å². The first-order chi connectivity index (χ1) is 14.9. The predicted octanol–water partition coefficient (Wildman–Crippen LogP) is 4.18. The minimum Gasteiger partial charge on any atom is -0.387 e. The van der Waals surface area contributed by atoms with Gasteiger partial charge in [-0.05, 0) is 49.4 Å². The number of anilines is 1. The summed E-state index contributed by atoms with van der Waals surface area (Å²) in [6.07, 6.45) is 5.50. The average Bonchev–Trinajstić information content (AvgIpc) is 3.41. The lowest BCUT2D eigenvalue weighted by Crippen LogP contribution is -2.71. The summed E-state index contributed by atoms with van der Waals surface area (Å²) in [6.45, 7) is 1.85. The molecule has 7 nitrogen and oxygen atoms in total. The van der Waals surface area contributed by atoms with E-state index in [1.165, 1.54) is 0 Å². The Morgan fingerprint density at radius 2 is 1.94 bits per heavy atom. The van der Waals surface area contributed by atoms with E-state index < -0.39 is 16.9 Å². The Bertz CT molecular complexity index is 1200. The molecule has 0 amide bonds. The van der Waals surface area contributed by atoms with E-state index in [1.54, 1.807) is 42.5 Å². The van der Waals surface area contributed by atoms with Crippen LogP contribution in [0.4, 0.5) is 5.82 Å². The second-order valence-corrected chi connectivity index (χ2v) is 9.34. The molecule has 2 N–H and O–H groups in total. The van der Waals surface area contributed by atoms with Crippen LogP contribution in [-0.4, -0.2) is 45.3 Å². The Hall–Kier alpha value is -2.52. The van der Waals surface area contributed by atoms with Crippen LogP contribution < -0.4 is 5.32 Å². The number of fused-ring (bicyclic) bond motifs is 2. The molecule has 2 atom stereocenters. The molecule has 1 aromatic carbocycles. The summed E-state index contributed by atoms with van der Waals surface area (Å²) >= 11 is 1.63. The van der Waals surface area contributed by atoms with Gasteiger partial charge in [0.1, 0.15) is 5.82 Å². The van der Waals surface area contributed by atoms with Crippen molar-refractivity contribution in [2.75, 3.05) is 19.5 Å². The van der Waals surface area contributed by atoms with Crippen molar-refractivity contribution in [1.82, 2.24) is 14.6 Å². The van der Waals surface area contributed by atoms with Crippen LogP contribution >= 0.6 is 11.3 Å². The van der Waals surface area contributed by atoms with Gasteiger partial charge < -0.3 is 19.9 Å². The van der Waals surface area contributed by atoms with Crippen molar-refractivity contribution in [2.45, 2.75) is 43.1 Å². The van der Waals surface area contributed by atoms with Crippen molar-refractivity contribution in [2.24, 2.45) is 0 Å². The largest absolute Gasteiger partial charge is 0.387 e. The summed E-state index contributed by atoms with van der Waals surface area (Å²) in [4.78, 5) is 5.22. The van der Waals surface area contributed by atoms with Gasteiger partial charge in [-0.15, -0.1) is 16.4 Å². The van der Waals surface area contributed by atoms with Crippen LogP contribution in [0.25, 0.3) is 15.7 Å². The maximum Gasteiger partial charge on any atom is 0.199 e. The minimum atomic E-state index is -1.18. The highest BCUT2D eigenvalue weighted by molar-refractivity contribution is 7.19. The standard InChI is InChI=1S/C23H26N4O3S/c1-21(28)11-6-12-22(29-2,30-3)23(21,18-15-16-7-4-5-8-17(16)31-18)25-19-9-10-20-24-13-14-27(20)26-19/h4-5,7-10,13-15,28H,6,11-12H2,1-3H3,(H,25,26). The Labute approximate surface area is 184 Å². The molecule has 4 aromatic rings. The smallest absolute Gasteiger partial charge is 0.199 e. The summed E-state index contributed by atoms with van der Waals surface area (Å²) in [5, 5.41) is 21.3. The second kappa shape index (κ2) is 7.27. The summed E-state index contributed by atoms with van der Waals surface area (Å²) in [5.41, 5.74) is -1.52. The van der Waals surface area contributed by atoms with Gasteiger partial charge >= 0.3 is 0 Å². The van der Waals surface area contributed by atoms with Gasteiger partial charge in [0.25, 0.3) is 0 Å². The molecule has 0 saturated heterocycles. The van der Waals surface area contributed by atoms with Crippen molar-refractivity contribution >= 4 is 32.9 Å². The van der Waals surface area contributed by atoms with Crippen molar-refractivity contribution in [1.29, 1.82) is 0 Å². The van der Waals surface area contributed by atoms with E-state index in [-0.39, 0.29) is 0 Å². The normalized spacial score (nSPS) is 25.8. The number of aromatic nitrogens is 3. The molecule has 0 spiro atoms. The highest BCUT2D eigenvalue weighted by Crippen LogP contribution is 2.56. The molecule has 8 heteroatoms. The van der Waals surface area contributed by atoms with Crippen molar-refractivity contribution < 1.29 is 14.6 Å². The molecule has 2 unspecified atom stereocenters. The van der Waals surface area contributed by atoms with Crippen molar-refractivity contribution in [3.05, 3.63) is 59.7 Å². The number of ether oxygens (including phenoxy) is 2. The number of hydrogen-bond donors (Lipinski definition) is 2. The first-order valence-electron chi connectivity index (χ1n) is 10.3. The van der Waals surface area contributed by atoms with Crippen LogP contribution in [0.3, 0.4) is 0 Å². The van der Waals surface area contributed by atoms with Gasteiger partial charge in [0.15, 0.2) is 17.0 Å². The zero-order chi connectivity index (χ0) is 21.7. The zero-order valence-electron chi connectivity index (χ0n) is 17.8. The third-order valence-corrected chi connectivity index (χ3v) is 7.81. The summed E-state index contributed by atoms with van der Waals surface area (Å²) < 4.78 is 15.0. The van der Waals surface area contributed by atoms with Gasteiger partial charge in [0.05, 0.1) is 5.60 Å². The molecule has 1 aliphatic carbocycles. The number of nitrogens with one attached hydrogen (secondary N) is 1. The molecule has 31 heavy (non-hydrogen) atoms. The van der Waals surface area contributed by atoms with E-state index in [9.17, 15) is 5.11 Å². The van der Waals surface area contributed by atoms with Crippen molar-refractivity contribution in [3.8, 4) is 0 Å². The summed E-state index contributed by atoms with van der Waals surface area (Å²) in [5.74, 6) is -0.495. The van der Waals surface area contributed by atoms with Crippen LogP contribution in [0.5, 0.6) is 0 Å². The Morgan fingerprint density at radius 3 is 2.71 bits per heavy atom. The van der Waals surface area contributed by atoms with Gasteiger partial charge in [-0.1, -0.05) is 18.2 Å². The van der Waals surface area contributed by atoms with Crippen molar-refractivity contribution in [3.63, 3.8) is 0 Å². The highest BCUT2D eigenvalue weighted by atomic mass is 32.1. The number of thiophene rings is 1. The maximum atomic E-state index is 11.9. The molecule has 3 heterocycles. The van der Waals surface area contributed by atoms with E-state index in [1.807, 2.05) is 31.2 Å². The molecular formula is C23H26N4O3S. The van der Waals surface area contributed by atoms with Gasteiger partial charge in [0, 0.05) is 42.6 Å². The fourth-order valence-electron chi connectivity index (χ4n) is 5.03. The van der Waals surface area contributed by atoms with E-state index >= 15 is 0 Å². The molecule has 162 valence electrons. The van der Waals surface area contributed by atoms with Crippen LogP contribution in [0.2, 0.25) is 0 Å². The Kier molecular flexibility index (Phi) is 4.78.